The topological polar surface area (TPSA) is 49.3 Å². The zero-order valence-electron chi connectivity index (χ0n) is 18.0. The molecule has 2 aliphatic rings. The first-order valence-corrected chi connectivity index (χ1v) is 11.3. The van der Waals surface area contributed by atoms with Crippen molar-refractivity contribution in [2.45, 2.75) is 32.8 Å². The fraction of sp³-hybridized carbons (Fsp3) is 0.696. The maximum atomic E-state index is 5.96. The van der Waals surface area contributed by atoms with Crippen molar-refractivity contribution in [2.24, 2.45) is 10.9 Å². The van der Waals surface area contributed by atoms with E-state index in [0.29, 0.717) is 12.5 Å². The third-order valence-electron chi connectivity index (χ3n) is 5.63. The number of benzene rings is 1. The molecule has 6 nitrogen and oxygen atoms in total. The number of rotatable bonds is 10. The maximum Gasteiger partial charge on any atom is 0.193 e. The highest BCUT2D eigenvalue weighted by molar-refractivity contribution is 5.80. The minimum absolute atomic E-state index is 0.587. The Morgan fingerprint density at radius 2 is 2.00 bits per heavy atom. The molecule has 0 bridgehead atoms. The van der Waals surface area contributed by atoms with Crippen molar-refractivity contribution in [1.82, 2.24) is 15.1 Å². The van der Waals surface area contributed by atoms with E-state index in [1.165, 1.54) is 24.9 Å². The molecule has 0 amide bonds. The fourth-order valence-corrected chi connectivity index (χ4v) is 3.96. The van der Waals surface area contributed by atoms with Crippen molar-refractivity contribution in [1.29, 1.82) is 0 Å². The first-order valence-electron chi connectivity index (χ1n) is 11.3. The molecule has 3 rings (SSSR count). The minimum atomic E-state index is 0.587. The molecule has 2 fully saturated rings. The maximum absolute atomic E-state index is 5.96. The number of hydrogen-bond acceptors (Lipinski definition) is 4. The Balaban J connectivity index is 1.34. The summed E-state index contributed by atoms with van der Waals surface area (Å²) in [6, 6.07) is 10.4. The summed E-state index contributed by atoms with van der Waals surface area (Å²) in [4.78, 5) is 9.79. The first kappa shape index (κ1) is 22.1. The molecule has 6 heteroatoms. The van der Waals surface area contributed by atoms with Crippen LogP contribution in [0.15, 0.2) is 35.3 Å². The van der Waals surface area contributed by atoms with Crippen molar-refractivity contribution >= 4 is 5.96 Å². The monoisotopic (exact) mass is 402 g/mol. The van der Waals surface area contributed by atoms with Gasteiger partial charge in [0.25, 0.3) is 0 Å². The molecule has 162 valence electrons. The number of likely N-dealkylation sites (tertiary alicyclic amines) is 1. The molecular weight excluding hydrogens is 364 g/mol. The van der Waals surface area contributed by atoms with Crippen molar-refractivity contribution in [3.63, 3.8) is 0 Å². The summed E-state index contributed by atoms with van der Waals surface area (Å²) in [7, 11) is 0. The Labute approximate surface area is 176 Å². The van der Waals surface area contributed by atoms with Gasteiger partial charge in [-0.25, -0.2) is 0 Å². The van der Waals surface area contributed by atoms with Gasteiger partial charge in [0.15, 0.2) is 5.96 Å². The lowest BCUT2D eigenvalue weighted by molar-refractivity contribution is 0.0373. The number of aliphatic imine (C=N–C) groups is 1. The molecule has 0 spiro atoms. The Morgan fingerprint density at radius 1 is 1.17 bits per heavy atom. The number of morpholine rings is 1. The van der Waals surface area contributed by atoms with Crippen LogP contribution in [0.5, 0.6) is 0 Å². The van der Waals surface area contributed by atoms with Crippen LogP contribution in [0.2, 0.25) is 0 Å². The highest BCUT2D eigenvalue weighted by Gasteiger charge is 2.25. The van der Waals surface area contributed by atoms with Gasteiger partial charge in [0.1, 0.15) is 0 Å². The van der Waals surface area contributed by atoms with E-state index in [1.54, 1.807) is 0 Å². The summed E-state index contributed by atoms with van der Waals surface area (Å²) < 4.78 is 11.4. The summed E-state index contributed by atoms with van der Waals surface area (Å²) in [5.74, 6) is 1.66. The average Bonchev–Trinajstić information content (AvgIpc) is 3.23. The molecule has 1 N–H and O–H groups in total. The molecule has 1 atom stereocenters. The molecule has 0 radical (unpaired) electrons. The SMILES string of the molecule is CCNC(=NCCCCN1CCOCC1)N1CCC(COCc2ccccc2)C1. The molecule has 1 unspecified atom stereocenters. The van der Waals surface area contributed by atoms with E-state index in [-0.39, 0.29) is 0 Å². The van der Waals surface area contributed by atoms with Gasteiger partial charge in [-0.3, -0.25) is 9.89 Å². The van der Waals surface area contributed by atoms with Crippen LogP contribution in [0.4, 0.5) is 0 Å². The summed E-state index contributed by atoms with van der Waals surface area (Å²) in [6.45, 7) is 12.7. The van der Waals surface area contributed by atoms with E-state index in [9.17, 15) is 0 Å². The van der Waals surface area contributed by atoms with Crippen LogP contribution in [0.3, 0.4) is 0 Å². The smallest absolute Gasteiger partial charge is 0.193 e. The quantitative estimate of drug-likeness (QED) is 0.370. The van der Waals surface area contributed by atoms with Crippen LogP contribution in [-0.2, 0) is 16.1 Å². The van der Waals surface area contributed by atoms with Gasteiger partial charge in [-0.1, -0.05) is 30.3 Å². The third kappa shape index (κ3) is 7.96. The zero-order chi connectivity index (χ0) is 20.2. The number of nitrogens with zero attached hydrogens (tertiary/aromatic N) is 3. The van der Waals surface area contributed by atoms with Gasteiger partial charge in [-0.05, 0) is 38.3 Å². The second kappa shape index (κ2) is 12.8. The number of nitrogens with one attached hydrogen (secondary N) is 1. The van der Waals surface area contributed by atoms with Crippen LogP contribution in [0, 0.1) is 5.92 Å². The van der Waals surface area contributed by atoms with Gasteiger partial charge in [-0.15, -0.1) is 0 Å². The second-order valence-corrected chi connectivity index (χ2v) is 8.00. The molecule has 1 aromatic carbocycles. The standard InChI is InChI=1S/C23H38N4O2/c1-2-24-23(25-11-6-7-12-26-14-16-28-17-15-26)27-13-10-22(18-27)20-29-19-21-8-4-3-5-9-21/h3-5,8-9,22H,2,6-7,10-20H2,1H3,(H,24,25). The van der Waals surface area contributed by atoms with Crippen LogP contribution >= 0.6 is 0 Å². The Hall–Kier alpha value is -1.63. The van der Waals surface area contributed by atoms with Gasteiger partial charge in [0.05, 0.1) is 26.4 Å². The molecule has 0 saturated carbocycles. The summed E-state index contributed by atoms with van der Waals surface area (Å²) >= 11 is 0. The van der Waals surface area contributed by atoms with E-state index in [1.807, 2.05) is 6.07 Å². The first-order chi connectivity index (χ1) is 14.3. The zero-order valence-corrected chi connectivity index (χ0v) is 18.0. The second-order valence-electron chi connectivity index (χ2n) is 8.00. The molecule has 0 aromatic heterocycles. The van der Waals surface area contributed by atoms with E-state index in [2.05, 4.69) is 46.3 Å². The van der Waals surface area contributed by atoms with Crippen LogP contribution in [-0.4, -0.2) is 81.4 Å². The average molecular weight is 403 g/mol. The van der Waals surface area contributed by atoms with Gasteiger partial charge >= 0.3 is 0 Å². The normalized spacial score (nSPS) is 20.9. The Morgan fingerprint density at radius 3 is 2.79 bits per heavy atom. The van der Waals surface area contributed by atoms with Crippen molar-refractivity contribution in [2.75, 3.05) is 65.6 Å². The van der Waals surface area contributed by atoms with E-state index >= 15 is 0 Å². The van der Waals surface area contributed by atoms with Crippen LogP contribution in [0.25, 0.3) is 0 Å². The Bertz CT molecular complexity index is 590. The van der Waals surface area contributed by atoms with Gasteiger partial charge in [0.2, 0.25) is 0 Å². The minimum Gasteiger partial charge on any atom is -0.379 e. The van der Waals surface area contributed by atoms with Crippen molar-refractivity contribution in [3.8, 4) is 0 Å². The molecule has 0 aliphatic carbocycles. The van der Waals surface area contributed by atoms with Crippen LogP contribution in [0.1, 0.15) is 31.7 Å². The van der Waals surface area contributed by atoms with Gasteiger partial charge in [0, 0.05) is 45.2 Å². The van der Waals surface area contributed by atoms with E-state index in [0.717, 1.165) is 71.5 Å². The lowest BCUT2D eigenvalue weighted by Gasteiger charge is -2.26. The highest BCUT2D eigenvalue weighted by atomic mass is 16.5. The largest absolute Gasteiger partial charge is 0.379 e. The molecule has 2 saturated heterocycles. The summed E-state index contributed by atoms with van der Waals surface area (Å²) in [5, 5.41) is 3.48. The number of hydrogen-bond donors (Lipinski definition) is 1. The summed E-state index contributed by atoms with van der Waals surface area (Å²) in [6.07, 6.45) is 3.53. The lowest BCUT2D eigenvalue weighted by Crippen LogP contribution is -2.40. The number of ether oxygens (including phenoxy) is 2. The fourth-order valence-electron chi connectivity index (χ4n) is 3.96. The van der Waals surface area contributed by atoms with Crippen LogP contribution < -0.4 is 5.32 Å². The molecule has 29 heavy (non-hydrogen) atoms. The third-order valence-corrected chi connectivity index (χ3v) is 5.63. The Kier molecular flexibility index (Phi) is 9.76. The predicted molar refractivity (Wildman–Crippen MR) is 118 cm³/mol. The summed E-state index contributed by atoms with van der Waals surface area (Å²) in [5.41, 5.74) is 1.24. The molecule has 1 aromatic rings. The molecule has 2 aliphatic heterocycles. The van der Waals surface area contributed by atoms with Crippen molar-refractivity contribution < 1.29 is 9.47 Å². The van der Waals surface area contributed by atoms with E-state index in [4.69, 9.17) is 14.5 Å². The van der Waals surface area contributed by atoms with Crippen molar-refractivity contribution in [3.05, 3.63) is 35.9 Å². The predicted octanol–water partition coefficient (Wildman–Crippen LogP) is 2.60. The van der Waals surface area contributed by atoms with Gasteiger partial charge in [-0.2, -0.15) is 0 Å². The lowest BCUT2D eigenvalue weighted by atomic mass is 10.1. The highest BCUT2D eigenvalue weighted by Crippen LogP contribution is 2.17. The van der Waals surface area contributed by atoms with Gasteiger partial charge < -0.3 is 19.7 Å². The van der Waals surface area contributed by atoms with E-state index < -0.39 is 0 Å². The number of guanidine groups is 1. The number of unbranched alkanes of at least 4 members (excludes halogenated alkanes) is 1. The molecule has 2 heterocycles. The molecular formula is C23H38N4O2.